The lowest BCUT2D eigenvalue weighted by atomic mass is 10.1. The number of guanidine groups is 1. The molecule has 0 aromatic rings. The second kappa shape index (κ2) is 8.45. The quantitative estimate of drug-likeness (QED) is 0.574. The maximum absolute atomic E-state index is 12.4. The number of hydrogen-bond acceptors (Lipinski definition) is 6. The second-order valence-corrected chi connectivity index (χ2v) is 8.73. The van der Waals surface area contributed by atoms with Gasteiger partial charge >= 0.3 is 7.75 Å². The molecule has 12 heteroatoms. The molecule has 0 aromatic carbocycles. The van der Waals surface area contributed by atoms with Crippen LogP contribution < -0.4 is 5.32 Å². The van der Waals surface area contributed by atoms with Gasteiger partial charge in [0, 0.05) is 52.5 Å². The highest BCUT2D eigenvalue weighted by Crippen LogP contribution is 2.45. The van der Waals surface area contributed by atoms with Crippen molar-refractivity contribution in [3.05, 3.63) is 24.2 Å². The second-order valence-electron chi connectivity index (χ2n) is 7.29. The molecule has 3 rings (SSSR count). The Labute approximate surface area is 170 Å². The molecule has 2 N–H and O–H groups in total. The lowest BCUT2D eigenvalue weighted by Gasteiger charge is -2.32. The zero-order valence-corrected chi connectivity index (χ0v) is 18.0. The average Bonchev–Trinajstić information content (AvgIpc) is 3.21. The van der Waals surface area contributed by atoms with Crippen molar-refractivity contribution in [2.75, 3.05) is 40.9 Å². The molecule has 29 heavy (non-hydrogen) atoms. The summed E-state index contributed by atoms with van der Waals surface area (Å²) in [6.45, 7) is 6.81. The number of methoxy groups -OCH3 is 1. The molecule has 1 unspecified atom stereocenters. The van der Waals surface area contributed by atoms with Crippen LogP contribution in [0.25, 0.3) is 0 Å². The lowest BCUT2D eigenvalue weighted by molar-refractivity contribution is -0.118. The van der Waals surface area contributed by atoms with Crippen LogP contribution in [0.3, 0.4) is 0 Å². The summed E-state index contributed by atoms with van der Waals surface area (Å²) < 4.78 is 33.0. The molecular formula is C17H28N5O6P. The Morgan fingerprint density at radius 3 is 2.69 bits per heavy atom. The zero-order chi connectivity index (χ0) is 21.3. The number of amides is 1. The summed E-state index contributed by atoms with van der Waals surface area (Å²) in [5.41, 5.74) is 0.523. The standard InChI is InChI=1S/C17H28N5O6P/c1-11-9-22(12(2)18-16(11)23)15-8-13(26-5)14(28-15)10-27-29(24,25)19-17-20(3)6-7-21(17)4/h9,13-15H,2,6-8,10H2,1,3-5H3,(H,18,23)(H,24,25)/t13-,14-,15-/m1/s1. The fraction of sp³-hybridized carbons (Fsp3) is 0.647. The van der Waals surface area contributed by atoms with E-state index in [9.17, 15) is 14.3 Å². The van der Waals surface area contributed by atoms with Crippen molar-refractivity contribution in [1.82, 2.24) is 20.0 Å². The van der Waals surface area contributed by atoms with Crippen molar-refractivity contribution >= 4 is 19.6 Å². The van der Waals surface area contributed by atoms with Gasteiger partial charge in [0.05, 0.1) is 12.7 Å². The number of nitrogens with zero attached hydrogens (tertiary/aromatic N) is 4. The molecule has 0 saturated carbocycles. The van der Waals surface area contributed by atoms with Gasteiger partial charge in [-0.2, -0.15) is 0 Å². The van der Waals surface area contributed by atoms with Crippen LogP contribution in [0.2, 0.25) is 0 Å². The van der Waals surface area contributed by atoms with Gasteiger partial charge in [-0.05, 0) is 6.92 Å². The maximum Gasteiger partial charge on any atom is 0.454 e. The number of rotatable bonds is 6. The van der Waals surface area contributed by atoms with E-state index < -0.39 is 20.1 Å². The molecule has 0 aromatic heterocycles. The number of nitrogens with one attached hydrogen (secondary N) is 1. The minimum absolute atomic E-state index is 0.164. The van der Waals surface area contributed by atoms with Crippen LogP contribution in [0.15, 0.2) is 28.9 Å². The Balaban J connectivity index is 1.65. The largest absolute Gasteiger partial charge is 0.454 e. The van der Waals surface area contributed by atoms with E-state index in [0.717, 1.165) is 13.1 Å². The van der Waals surface area contributed by atoms with E-state index in [1.165, 1.54) is 0 Å². The van der Waals surface area contributed by atoms with Crippen molar-refractivity contribution in [3.63, 3.8) is 0 Å². The van der Waals surface area contributed by atoms with Crippen LogP contribution in [-0.4, -0.2) is 90.8 Å². The molecule has 3 heterocycles. The van der Waals surface area contributed by atoms with E-state index in [0.29, 0.717) is 23.8 Å². The summed E-state index contributed by atoms with van der Waals surface area (Å²) in [6, 6.07) is 0. The first kappa shape index (κ1) is 21.8. The minimum Gasteiger partial charge on any atom is -0.378 e. The molecule has 3 aliphatic rings. The van der Waals surface area contributed by atoms with Crippen molar-refractivity contribution in [3.8, 4) is 0 Å². The summed E-state index contributed by atoms with van der Waals surface area (Å²) in [5.74, 6) is 0.591. The van der Waals surface area contributed by atoms with E-state index in [1.807, 2.05) is 0 Å². The number of carbonyl (C=O) groups is 1. The molecule has 1 amide bonds. The van der Waals surface area contributed by atoms with Crippen LogP contribution in [-0.2, 0) is 23.4 Å². The average molecular weight is 429 g/mol. The van der Waals surface area contributed by atoms with E-state index >= 15 is 0 Å². The molecule has 2 fully saturated rings. The Hall–Kier alpha value is -1.91. The lowest BCUT2D eigenvalue weighted by Crippen LogP contribution is -2.42. The zero-order valence-electron chi connectivity index (χ0n) is 17.1. The molecular weight excluding hydrogens is 401 g/mol. The van der Waals surface area contributed by atoms with E-state index in [2.05, 4.69) is 16.7 Å². The predicted octanol–water partition coefficient (Wildman–Crippen LogP) is 0.273. The van der Waals surface area contributed by atoms with Gasteiger partial charge in [-0.25, -0.2) is 4.57 Å². The van der Waals surface area contributed by atoms with Gasteiger partial charge in [-0.3, -0.25) is 9.32 Å². The highest BCUT2D eigenvalue weighted by Gasteiger charge is 2.41. The van der Waals surface area contributed by atoms with E-state index in [1.54, 1.807) is 49.0 Å². The van der Waals surface area contributed by atoms with Crippen LogP contribution in [0.1, 0.15) is 13.3 Å². The van der Waals surface area contributed by atoms with Crippen LogP contribution in [0.4, 0.5) is 0 Å². The third-order valence-electron chi connectivity index (χ3n) is 5.13. The van der Waals surface area contributed by atoms with Gasteiger partial charge in [-0.1, -0.05) is 6.58 Å². The highest BCUT2D eigenvalue weighted by molar-refractivity contribution is 7.51. The van der Waals surface area contributed by atoms with Crippen molar-refractivity contribution in [1.29, 1.82) is 0 Å². The van der Waals surface area contributed by atoms with Gasteiger partial charge in [0.15, 0.2) is 0 Å². The van der Waals surface area contributed by atoms with Crippen LogP contribution in [0, 0.1) is 0 Å². The van der Waals surface area contributed by atoms with E-state index in [-0.39, 0.29) is 18.6 Å². The first-order chi connectivity index (χ1) is 13.6. The number of hydrogen-bond donors (Lipinski definition) is 2. The van der Waals surface area contributed by atoms with Gasteiger partial charge in [-0.15, -0.1) is 4.76 Å². The first-order valence-electron chi connectivity index (χ1n) is 9.26. The molecule has 0 bridgehead atoms. The van der Waals surface area contributed by atoms with Gasteiger partial charge in [0.1, 0.15) is 18.2 Å². The fourth-order valence-corrected chi connectivity index (χ4v) is 4.35. The maximum atomic E-state index is 12.4. The van der Waals surface area contributed by atoms with Crippen LogP contribution in [0.5, 0.6) is 0 Å². The van der Waals surface area contributed by atoms with Crippen molar-refractivity contribution in [2.45, 2.75) is 31.8 Å². The number of likely N-dealkylation sites (N-methyl/N-ethyl adjacent to an activating group) is 2. The molecule has 0 radical (unpaired) electrons. The summed E-state index contributed by atoms with van der Waals surface area (Å²) in [6.07, 6.45) is 0.746. The van der Waals surface area contributed by atoms with Gasteiger partial charge in [0.2, 0.25) is 5.96 Å². The summed E-state index contributed by atoms with van der Waals surface area (Å²) in [4.78, 5) is 27.2. The Bertz CT molecular complexity index is 774. The SMILES string of the molecule is C=C1NC(=O)C(C)=CN1[C@H]1C[C@@H](OC)[C@@H](COP(=O)(O)N=C2N(C)CCN2C)O1. The number of ether oxygens (including phenoxy) is 2. The monoisotopic (exact) mass is 429 g/mol. The molecule has 4 atom stereocenters. The molecule has 3 aliphatic heterocycles. The fourth-order valence-electron chi connectivity index (χ4n) is 3.42. The summed E-state index contributed by atoms with van der Waals surface area (Å²) in [5, 5.41) is 2.67. The Morgan fingerprint density at radius 2 is 2.07 bits per heavy atom. The third-order valence-corrected chi connectivity index (χ3v) is 6.05. The normalized spacial score (nSPS) is 29.8. The first-order valence-corrected chi connectivity index (χ1v) is 10.8. The Kier molecular flexibility index (Phi) is 6.35. The molecule has 0 spiro atoms. The van der Waals surface area contributed by atoms with Crippen LogP contribution >= 0.6 is 7.75 Å². The highest BCUT2D eigenvalue weighted by atomic mass is 31.2. The van der Waals surface area contributed by atoms with Crippen molar-refractivity contribution in [2.24, 2.45) is 4.76 Å². The minimum atomic E-state index is -4.22. The topological polar surface area (TPSA) is 116 Å². The molecule has 11 nitrogen and oxygen atoms in total. The summed E-state index contributed by atoms with van der Waals surface area (Å²) in [7, 11) is 0.920. The molecule has 2 saturated heterocycles. The van der Waals surface area contributed by atoms with E-state index in [4.69, 9.17) is 14.0 Å². The molecule has 162 valence electrons. The molecule has 0 aliphatic carbocycles. The smallest absolute Gasteiger partial charge is 0.378 e. The Morgan fingerprint density at radius 1 is 1.41 bits per heavy atom. The van der Waals surface area contributed by atoms with Gasteiger partial charge in [0.25, 0.3) is 5.91 Å². The summed E-state index contributed by atoms with van der Waals surface area (Å²) >= 11 is 0. The third kappa shape index (κ3) is 4.81. The van der Waals surface area contributed by atoms with Crippen molar-refractivity contribution < 1.29 is 28.3 Å². The van der Waals surface area contributed by atoms with Gasteiger partial charge < -0.3 is 34.4 Å². The number of carbonyl (C=O) groups excluding carboxylic acids is 1. The predicted molar refractivity (Wildman–Crippen MR) is 105 cm³/mol.